The van der Waals surface area contributed by atoms with E-state index >= 15 is 0 Å². The van der Waals surface area contributed by atoms with Gasteiger partial charge in [-0.05, 0) is 50.0 Å². The van der Waals surface area contributed by atoms with Gasteiger partial charge in [0.25, 0.3) is 0 Å². The number of aliphatic hydroxyl groups is 1. The van der Waals surface area contributed by atoms with Crippen LogP contribution in [-0.2, 0) is 4.74 Å². The molecule has 0 heterocycles. The molecule has 0 aliphatic heterocycles. The second kappa shape index (κ2) is 7.46. The molecule has 1 fully saturated rings. The Morgan fingerprint density at radius 1 is 1.22 bits per heavy atom. The Balaban J connectivity index is 2.13. The molecule has 0 bridgehead atoms. The van der Waals surface area contributed by atoms with E-state index in [4.69, 9.17) is 4.74 Å². The number of nitrogens with one attached hydrogen (secondary N) is 1. The van der Waals surface area contributed by atoms with Crippen LogP contribution in [0.25, 0.3) is 0 Å². The summed E-state index contributed by atoms with van der Waals surface area (Å²) in [6.45, 7) is 8.40. The van der Waals surface area contributed by atoms with Gasteiger partial charge in [0.1, 0.15) is 0 Å². The number of methoxy groups -OCH3 is 1. The molecule has 0 radical (unpaired) electrons. The van der Waals surface area contributed by atoms with E-state index < -0.39 is 0 Å². The van der Waals surface area contributed by atoms with E-state index in [1.807, 2.05) is 0 Å². The minimum absolute atomic E-state index is 0.326. The first-order valence-corrected chi connectivity index (χ1v) is 7.34. The molecule has 1 rings (SSSR count). The third-order valence-corrected chi connectivity index (χ3v) is 4.22. The fourth-order valence-corrected chi connectivity index (χ4v) is 2.89. The summed E-state index contributed by atoms with van der Waals surface area (Å²) in [7, 11) is 1.63. The average Bonchev–Trinajstić information content (AvgIpc) is 2.29. The molecular weight excluding hydrogens is 226 g/mol. The second-order valence-corrected chi connectivity index (χ2v) is 6.77. The molecule has 0 spiro atoms. The van der Waals surface area contributed by atoms with E-state index in [9.17, 15) is 5.11 Å². The molecule has 2 N–H and O–H groups in total. The van der Waals surface area contributed by atoms with Crippen LogP contribution in [-0.4, -0.2) is 37.5 Å². The van der Waals surface area contributed by atoms with Crippen molar-refractivity contribution >= 4 is 0 Å². The molecule has 1 unspecified atom stereocenters. The third-order valence-electron chi connectivity index (χ3n) is 4.22. The summed E-state index contributed by atoms with van der Waals surface area (Å²) < 4.78 is 4.92. The minimum atomic E-state index is -0.326. The summed E-state index contributed by atoms with van der Waals surface area (Å²) in [5.41, 5.74) is 0.458. The lowest BCUT2D eigenvalue weighted by molar-refractivity contribution is 0.0582. The minimum Gasteiger partial charge on any atom is -0.391 e. The zero-order valence-corrected chi connectivity index (χ0v) is 12.5. The first-order chi connectivity index (χ1) is 8.43. The van der Waals surface area contributed by atoms with Crippen LogP contribution < -0.4 is 5.32 Å². The summed E-state index contributed by atoms with van der Waals surface area (Å²) in [6.07, 6.45) is 5.69. The van der Waals surface area contributed by atoms with E-state index in [2.05, 4.69) is 26.1 Å². The van der Waals surface area contributed by atoms with Gasteiger partial charge in [-0.15, -0.1) is 0 Å². The topological polar surface area (TPSA) is 41.5 Å². The van der Waals surface area contributed by atoms with Crippen molar-refractivity contribution in [2.75, 3.05) is 20.3 Å². The molecule has 0 saturated heterocycles. The molecule has 3 heteroatoms. The lowest BCUT2D eigenvalue weighted by atomic mass is 9.71. The van der Waals surface area contributed by atoms with Gasteiger partial charge in [0.2, 0.25) is 0 Å². The van der Waals surface area contributed by atoms with Crippen LogP contribution in [0, 0.1) is 11.3 Å². The monoisotopic (exact) mass is 257 g/mol. The van der Waals surface area contributed by atoms with Crippen LogP contribution >= 0.6 is 0 Å². The number of ether oxygens (including phenoxy) is 1. The van der Waals surface area contributed by atoms with E-state index in [0.29, 0.717) is 18.1 Å². The maximum Gasteiger partial charge on any atom is 0.0785 e. The number of hydrogen-bond donors (Lipinski definition) is 2. The van der Waals surface area contributed by atoms with Gasteiger partial charge in [-0.1, -0.05) is 20.8 Å². The van der Waals surface area contributed by atoms with Crippen molar-refractivity contribution in [3.63, 3.8) is 0 Å². The predicted octanol–water partition coefficient (Wildman–Crippen LogP) is 2.58. The van der Waals surface area contributed by atoms with Gasteiger partial charge in [0.05, 0.1) is 12.7 Å². The molecule has 1 aliphatic carbocycles. The number of hydrogen-bond acceptors (Lipinski definition) is 3. The molecule has 18 heavy (non-hydrogen) atoms. The fourth-order valence-electron chi connectivity index (χ4n) is 2.89. The molecule has 1 atom stereocenters. The summed E-state index contributed by atoms with van der Waals surface area (Å²) in [6, 6.07) is 0.651. The Hall–Kier alpha value is -0.120. The zero-order chi connectivity index (χ0) is 13.6. The fraction of sp³-hybridized carbons (Fsp3) is 1.00. The largest absolute Gasteiger partial charge is 0.391 e. The molecule has 108 valence electrons. The lowest BCUT2D eigenvalue weighted by Crippen LogP contribution is -2.37. The molecule has 0 aromatic carbocycles. The maximum absolute atomic E-state index is 9.56. The molecule has 1 aliphatic rings. The first kappa shape index (κ1) is 15.9. The van der Waals surface area contributed by atoms with Crippen LogP contribution in [0.5, 0.6) is 0 Å². The zero-order valence-electron chi connectivity index (χ0n) is 12.5. The molecule has 3 nitrogen and oxygen atoms in total. The first-order valence-electron chi connectivity index (χ1n) is 7.34. The van der Waals surface area contributed by atoms with Gasteiger partial charge in [-0.25, -0.2) is 0 Å². The maximum atomic E-state index is 9.56. The smallest absolute Gasteiger partial charge is 0.0785 e. The number of rotatable bonds is 6. The SMILES string of the molecule is COCC(O)CCNC1CCC(C(C)(C)C)CC1. The van der Waals surface area contributed by atoms with Crippen molar-refractivity contribution in [1.82, 2.24) is 5.32 Å². The lowest BCUT2D eigenvalue weighted by Gasteiger charge is -2.37. The normalized spacial score (nSPS) is 27.2. The highest BCUT2D eigenvalue weighted by Gasteiger charge is 2.29. The second-order valence-electron chi connectivity index (χ2n) is 6.77. The van der Waals surface area contributed by atoms with Gasteiger partial charge in [0, 0.05) is 13.2 Å². The van der Waals surface area contributed by atoms with E-state index in [0.717, 1.165) is 18.9 Å². The molecular formula is C15H31NO2. The molecule has 0 amide bonds. The standard InChI is InChI=1S/C15H31NO2/c1-15(2,3)12-5-7-13(8-6-12)16-10-9-14(17)11-18-4/h12-14,16-17H,5-11H2,1-4H3. The van der Waals surface area contributed by atoms with Gasteiger partial charge in [-0.2, -0.15) is 0 Å². The Morgan fingerprint density at radius 3 is 2.33 bits per heavy atom. The van der Waals surface area contributed by atoms with Crippen molar-refractivity contribution < 1.29 is 9.84 Å². The molecule has 1 saturated carbocycles. The van der Waals surface area contributed by atoms with Gasteiger partial charge in [-0.3, -0.25) is 0 Å². The van der Waals surface area contributed by atoms with E-state index in [1.54, 1.807) is 7.11 Å². The van der Waals surface area contributed by atoms with Crippen molar-refractivity contribution in [3.8, 4) is 0 Å². The highest BCUT2D eigenvalue weighted by molar-refractivity contribution is 4.83. The Bertz CT molecular complexity index is 217. The predicted molar refractivity (Wildman–Crippen MR) is 75.7 cm³/mol. The van der Waals surface area contributed by atoms with E-state index in [1.165, 1.54) is 25.7 Å². The highest BCUT2D eigenvalue weighted by Crippen LogP contribution is 2.37. The Labute approximate surface area is 112 Å². The van der Waals surface area contributed by atoms with Crippen molar-refractivity contribution in [1.29, 1.82) is 0 Å². The van der Waals surface area contributed by atoms with Gasteiger partial charge >= 0.3 is 0 Å². The third kappa shape index (κ3) is 5.68. The number of aliphatic hydroxyl groups excluding tert-OH is 1. The van der Waals surface area contributed by atoms with Crippen LogP contribution in [0.3, 0.4) is 0 Å². The molecule has 0 aromatic rings. The summed E-state index contributed by atoms with van der Waals surface area (Å²) in [5.74, 6) is 0.870. The quantitative estimate of drug-likeness (QED) is 0.768. The Morgan fingerprint density at radius 2 is 1.83 bits per heavy atom. The van der Waals surface area contributed by atoms with Gasteiger partial charge in [0.15, 0.2) is 0 Å². The van der Waals surface area contributed by atoms with E-state index in [-0.39, 0.29) is 6.10 Å². The average molecular weight is 257 g/mol. The Kier molecular flexibility index (Phi) is 6.61. The van der Waals surface area contributed by atoms with Crippen molar-refractivity contribution in [2.45, 2.75) is 65.0 Å². The van der Waals surface area contributed by atoms with Crippen LogP contribution in [0.2, 0.25) is 0 Å². The summed E-state index contributed by atoms with van der Waals surface area (Å²) in [4.78, 5) is 0. The van der Waals surface area contributed by atoms with Crippen molar-refractivity contribution in [3.05, 3.63) is 0 Å². The van der Waals surface area contributed by atoms with Crippen molar-refractivity contribution in [2.24, 2.45) is 11.3 Å². The van der Waals surface area contributed by atoms with Crippen LogP contribution in [0.4, 0.5) is 0 Å². The highest BCUT2D eigenvalue weighted by atomic mass is 16.5. The van der Waals surface area contributed by atoms with Crippen LogP contribution in [0.1, 0.15) is 52.9 Å². The summed E-state index contributed by atoms with van der Waals surface area (Å²) >= 11 is 0. The molecule has 0 aromatic heterocycles. The van der Waals surface area contributed by atoms with Gasteiger partial charge < -0.3 is 15.2 Å². The van der Waals surface area contributed by atoms with Crippen LogP contribution in [0.15, 0.2) is 0 Å². The summed E-state index contributed by atoms with van der Waals surface area (Å²) in [5, 5.41) is 13.1.